The monoisotopic (exact) mass is 1070 g/mol. The number of likely N-dealkylation sites (N-methyl/N-ethyl adjacent to an activating group) is 2. The van der Waals surface area contributed by atoms with Crippen LogP contribution in [0.5, 0.6) is 5.75 Å². The van der Waals surface area contributed by atoms with Gasteiger partial charge in [0.05, 0.1) is 7.11 Å². The van der Waals surface area contributed by atoms with Crippen LogP contribution >= 0.6 is 0 Å². The van der Waals surface area contributed by atoms with Gasteiger partial charge in [0.1, 0.15) is 53.7 Å². The number of ether oxygens (including phenoxy) is 4. The SMILES string of the molecule is CC[C@H](C)[C@@H]1CCC(=O)O[C@@H](C(C)C)C(=O)N[C@@H](CC(C)C)C(=O)N2CCC[C@H]2C(=O)N(C)[C@@H](Cc2ccc(OC)cc2)C(=O)O[C@H](C)[C@H](NC(=O)C(CC(C)C)N(C)C(=O)[C@@H](NC(=O)OC(C)(C)C)C(C)C)C(=O)N1. The molecule has 10 atom stereocenters. The summed E-state index contributed by atoms with van der Waals surface area (Å²) in [5.41, 5.74) is -0.232. The van der Waals surface area contributed by atoms with Gasteiger partial charge in [0.25, 0.3) is 5.91 Å². The molecule has 2 saturated heterocycles. The van der Waals surface area contributed by atoms with Gasteiger partial charge in [-0.05, 0) is 107 Å². The Kier molecular flexibility index (Phi) is 24.5. The van der Waals surface area contributed by atoms with Crippen molar-refractivity contribution in [3.8, 4) is 5.75 Å². The van der Waals surface area contributed by atoms with Gasteiger partial charge >= 0.3 is 18.0 Å². The molecule has 0 radical (unpaired) electrons. The Hall–Kier alpha value is -5.95. The van der Waals surface area contributed by atoms with Crippen molar-refractivity contribution < 1.29 is 62.1 Å². The maximum atomic E-state index is 14.9. The summed E-state index contributed by atoms with van der Waals surface area (Å²) in [5, 5.41) is 11.3. The number of methoxy groups -OCH3 is 1. The van der Waals surface area contributed by atoms with E-state index in [-0.39, 0.29) is 62.8 Å². The van der Waals surface area contributed by atoms with Crippen LogP contribution in [0.3, 0.4) is 0 Å². The van der Waals surface area contributed by atoms with E-state index < -0.39 is 125 Å². The zero-order valence-electron chi connectivity index (χ0n) is 48.4. The number of nitrogens with one attached hydrogen (secondary N) is 4. The van der Waals surface area contributed by atoms with Crippen LogP contribution in [-0.4, -0.2) is 156 Å². The molecule has 0 aliphatic carbocycles. The second-order valence-electron chi connectivity index (χ2n) is 23.2. The van der Waals surface area contributed by atoms with E-state index in [9.17, 15) is 43.2 Å². The lowest BCUT2D eigenvalue weighted by Gasteiger charge is -2.36. The fourth-order valence-corrected chi connectivity index (χ4v) is 9.39. The molecule has 0 aromatic heterocycles. The number of amides is 7. The molecule has 1 aromatic carbocycles. The molecule has 428 valence electrons. The lowest BCUT2D eigenvalue weighted by molar-refractivity contribution is -0.162. The fourth-order valence-electron chi connectivity index (χ4n) is 9.39. The summed E-state index contributed by atoms with van der Waals surface area (Å²) in [6.45, 7) is 24.9. The van der Waals surface area contributed by atoms with Crippen LogP contribution < -0.4 is 26.0 Å². The molecule has 20 heteroatoms. The molecule has 20 nitrogen and oxygen atoms in total. The number of carbonyl (C=O) groups excluding carboxylic acids is 9. The van der Waals surface area contributed by atoms with Gasteiger partial charge in [0.2, 0.25) is 29.5 Å². The molecular formula is C56H91N7O13. The standard InChI is InChI=1S/C56H91N7O13/c1-18-35(10)39-25-26-44(64)75-47(34(8)9)50(67)58-40(28-31(2)3)51(68)63-27-19-20-41(63)52(69)62(16)43(30-37-21-23-38(73-17)24-22-37)54(71)74-36(11)46(49(66)57-39)59-48(65)42(29-32(4)5)61(15)53(70)45(33(6)7)60-55(72)76-56(12,13)14/h21-24,31-36,39-43,45-47H,18-20,25-30H2,1-17H3,(H,57,66)(H,58,67)(H,59,65)(H,60,72)/t35-,36+,39-,40-,41-,42?,43-,45-,46-,47-/m0/s1. The second-order valence-corrected chi connectivity index (χ2v) is 23.2. The number of rotatable bonds is 16. The number of fused-ring (bicyclic) bond motifs is 1. The molecule has 3 rings (SSSR count). The molecule has 1 aromatic rings. The molecule has 2 fully saturated rings. The van der Waals surface area contributed by atoms with Crippen molar-refractivity contribution in [2.75, 3.05) is 27.7 Å². The minimum absolute atomic E-state index is 0.0525. The first-order valence-electron chi connectivity index (χ1n) is 27.2. The third-order valence-corrected chi connectivity index (χ3v) is 14.0. The van der Waals surface area contributed by atoms with Crippen LogP contribution in [0.1, 0.15) is 147 Å². The van der Waals surface area contributed by atoms with Gasteiger partial charge in [-0.15, -0.1) is 0 Å². The van der Waals surface area contributed by atoms with E-state index in [4.69, 9.17) is 18.9 Å². The maximum Gasteiger partial charge on any atom is 0.408 e. The number of cyclic esters (lactones) is 2. The molecule has 0 bridgehead atoms. The zero-order valence-corrected chi connectivity index (χ0v) is 48.4. The Balaban J connectivity index is 2.24. The number of carbonyl (C=O) groups is 9. The van der Waals surface area contributed by atoms with Crippen molar-refractivity contribution in [1.82, 2.24) is 36.0 Å². The number of esters is 2. The Morgan fingerprint density at radius 2 is 1.50 bits per heavy atom. The highest BCUT2D eigenvalue weighted by Crippen LogP contribution is 2.26. The first-order chi connectivity index (χ1) is 35.4. The predicted octanol–water partition coefficient (Wildman–Crippen LogP) is 5.32. The molecule has 0 spiro atoms. The molecule has 76 heavy (non-hydrogen) atoms. The van der Waals surface area contributed by atoms with Crippen LogP contribution in [0.25, 0.3) is 0 Å². The van der Waals surface area contributed by atoms with Gasteiger partial charge in [-0.25, -0.2) is 9.59 Å². The number of hydrogen-bond donors (Lipinski definition) is 4. The summed E-state index contributed by atoms with van der Waals surface area (Å²) in [4.78, 5) is 133. The molecule has 2 heterocycles. The van der Waals surface area contributed by atoms with Crippen molar-refractivity contribution in [2.45, 2.75) is 208 Å². The van der Waals surface area contributed by atoms with Crippen molar-refractivity contribution in [3.05, 3.63) is 29.8 Å². The van der Waals surface area contributed by atoms with Gasteiger partial charge in [-0.3, -0.25) is 33.6 Å². The molecular weight excluding hydrogens is 979 g/mol. The third-order valence-electron chi connectivity index (χ3n) is 14.0. The quantitative estimate of drug-likeness (QED) is 0.121. The number of hydrogen-bond acceptors (Lipinski definition) is 13. The Bertz CT molecular complexity index is 2160. The molecule has 2 aliphatic rings. The van der Waals surface area contributed by atoms with E-state index in [0.29, 0.717) is 24.2 Å². The molecule has 1 unspecified atom stereocenters. The molecule has 7 amide bonds. The second kappa shape index (κ2) is 29.0. The van der Waals surface area contributed by atoms with Crippen LogP contribution in [-0.2, 0) is 59.0 Å². The van der Waals surface area contributed by atoms with Crippen LogP contribution in [0, 0.1) is 29.6 Å². The van der Waals surface area contributed by atoms with Gasteiger partial charge in [0.15, 0.2) is 6.10 Å². The Morgan fingerprint density at radius 1 is 0.868 bits per heavy atom. The predicted molar refractivity (Wildman–Crippen MR) is 286 cm³/mol. The van der Waals surface area contributed by atoms with Gasteiger partial charge < -0.3 is 54.9 Å². The summed E-state index contributed by atoms with van der Waals surface area (Å²) < 4.78 is 22.9. The summed E-state index contributed by atoms with van der Waals surface area (Å²) in [6, 6.07) is -1.16. The normalized spacial score (nSPS) is 24.1. The van der Waals surface area contributed by atoms with Crippen molar-refractivity contribution in [2.24, 2.45) is 29.6 Å². The number of benzene rings is 1. The number of nitrogens with zero attached hydrogens (tertiary/aromatic N) is 3. The van der Waals surface area contributed by atoms with Crippen molar-refractivity contribution in [3.63, 3.8) is 0 Å². The highest BCUT2D eigenvalue weighted by Gasteiger charge is 2.44. The van der Waals surface area contributed by atoms with Gasteiger partial charge in [-0.2, -0.15) is 0 Å². The minimum Gasteiger partial charge on any atom is -0.497 e. The van der Waals surface area contributed by atoms with E-state index in [2.05, 4.69) is 21.3 Å². The van der Waals surface area contributed by atoms with E-state index in [1.165, 1.54) is 42.8 Å². The molecule has 0 saturated carbocycles. The summed E-state index contributed by atoms with van der Waals surface area (Å²) in [7, 11) is 4.40. The lowest BCUT2D eigenvalue weighted by Crippen LogP contribution is -2.61. The summed E-state index contributed by atoms with van der Waals surface area (Å²) in [5.74, 6) is -6.34. The van der Waals surface area contributed by atoms with Gasteiger partial charge in [0, 0.05) is 39.5 Å². The van der Waals surface area contributed by atoms with Crippen LogP contribution in [0.15, 0.2) is 24.3 Å². The summed E-state index contributed by atoms with van der Waals surface area (Å²) in [6.07, 6.45) is -2.14. The van der Waals surface area contributed by atoms with Crippen LogP contribution in [0.4, 0.5) is 4.79 Å². The van der Waals surface area contributed by atoms with E-state index in [1.807, 2.05) is 41.5 Å². The highest BCUT2D eigenvalue weighted by molar-refractivity contribution is 5.96. The third kappa shape index (κ3) is 18.7. The van der Waals surface area contributed by atoms with E-state index >= 15 is 0 Å². The van der Waals surface area contributed by atoms with E-state index in [0.717, 1.165) is 0 Å². The molecule has 4 N–H and O–H groups in total. The number of alkyl carbamates (subject to hydrolysis) is 1. The fraction of sp³-hybridized carbons (Fsp3) is 0.732. The van der Waals surface area contributed by atoms with Crippen molar-refractivity contribution in [1.29, 1.82) is 0 Å². The average molecular weight is 1070 g/mol. The topological polar surface area (TPSA) is 248 Å². The zero-order chi connectivity index (χ0) is 57.5. The Labute approximate surface area is 451 Å². The largest absolute Gasteiger partial charge is 0.497 e. The lowest BCUT2D eigenvalue weighted by atomic mass is 9.94. The Morgan fingerprint density at radius 3 is 2.04 bits per heavy atom. The van der Waals surface area contributed by atoms with Crippen LogP contribution in [0.2, 0.25) is 0 Å². The van der Waals surface area contributed by atoms with E-state index in [1.54, 1.807) is 72.7 Å². The van der Waals surface area contributed by atoms with Crippen molar-refractivity contribution >= 4 is 53.5 Å². The first kappa shape index (κ1) is 64.3. The maximum absolute atomic E-state index is 14.9. The first-order valence-corrected chi connectivity index (χ1v) is 27.2. The van der Waals surface area contributed by atoms with Gasteiger partial charge in [-0.1, -0.05) is 87.8 Å². The smallest absolute Gasteiger partial charge is 0.408 e. The molecule has 2 aliphatic heterocycles. The summed E-state index contributed by atoms with van der Waals surface area (Å²) >= 11 is 0. The minimum atomic E-state index is -1.61. The highest BCUT2D eigenvalue weighted by atomic mass is 16.6. The average Bonchev–Trinajstić information content (AvgIpc) is 3.83.